The van der Waals surface area contributed by atoms with E-state index < -0.39 is 18.1 Å². The molecule has 7 saturated heterocycles. The zero-order chi connectivity index (χ0) is 32.0. The number of nitrogens with zero attached hydrogens (tertiary/aromatic N) is 1. The van der Waals surface area contributed by atoms with Gasteiger partial charge in [0.15, 0.2) is 0 Å². The summed E-state index contributed by atoms with van der Waals surface area (Å²) in [6.07, 6.45) is 0.665. The second-order valence-electron chi connectivity index (χ2n) is 16.8. The molecule has 16 rings (SSSR count). The molecule has 0 amide bonds. The van der Waals surface area contributed by atoms with Gasteiger partial charge in [-0.1, -0.05) is 0 Å². The summed E-state index contributed by atoms with van der Waals surface area (Å²) in [4.78, 5) is 4.76. The van der Waals surface area contributed by atoms with Crippen molar-refractivity contribution in [3.63, 3.8) is 0 Å². The first-order valence-electron chi connectivity index (χ1n) is 18.5. The summed E-state index contributed by atoms with van der Waals surface area (Å²) in [5.41, 5.74) is 13.6. The Morgan fingerprint density at radius 1 is 0.660 bits per heavy atom. The van der Waals surface area contributed by atoms with Gasteiger partial charge < -0.3 is 0 Å². The molecule has 2 bridgehead atoms. The van der Waals surface area contributed by atoms with Crippen molar-refractivity contribution in [2.24, 2.45) is 0 Å². The van der Waals surface area contributed by atoms with Gasteiger partial charge in [-0.25, -0.2) is 0 Å². The SMILES string of the molecule is [B]1B2B3[B-]P123NP12(c3cc4c5c(c3)c3ccccc3n5-c3cccc5c3B4c3ccccc3C5(c3ccccc3)c3ccccc3)B3[B-]B1B32. The predicted molar refractivity (Wildman–Crippen MR) is 226 cm³/mol. The fourth-order valence-electron chi connectivity index (χ4n) is 12.9. The third-order valence-corrected chi connectivity index (χ3v) is 29.8. The van der Waals surface area contributed by atoms with Crippen molar-refractivity contribution in [2.45, 2.75) is 5.41 Å². The van der Waals surface area contributed by atoms with Gasteiger partial charge in [0.25, 0.3) is 0 Å². The topological polar surface area (TPSA) is 17.0 Å². The molecule has 6 aromatic carbocycles. The second kappa shape index (κ2) is 7.52. The van der Waals surface area contributed by atoms with Crippen LogP contribution in [0.2, 0.25) is 0 Å². The Morgan fingerprint density at radius 2 is 1.34 bits per heavy atom. The quantitative estimate of drug-likeness (QED) is 0.221. The molecule has 0 atom stereocenters. The van der Waals surface area contributed by atoms with Crippen LogP contribution in [0.15, 0.2) is 140 Å². The number of hydrogen-bond acceptors (Lipinski definition) is 1. The Hall–Kier alpha value is -3.48. The molecule has 1 aromatic heterocycles. The Kier molecular flexibility index (Phi) is 3.96. The van der Waals surface area contributed by atoms with Gasteiger partial charge in [0.05, 0.1) is 0 Å². The van der Waals surface area contributed by atoms with Gasteiger partial charge in [0, 0.05) is 0 Å². The fourth-order valence-corrected chi connectivity index (χ4v) is 32.1. The van der Waals surface area contributed by atoms with Gasteiger partial charge in [0.1, 0.15) is 0 Å². The zero-order valence-corrected chi connectivity index (χ0v) is 29.1. The molecule has 7 aromatic rings. The Labute approximate surface area is 295 Å². The molecule has 13 heteroatoms. The molecule has 0 aliphatic carbocycles. The molecule has 1 N–H and O–H groups in total. The average Bonchev–Trinajstić information content (AvgIpc) is 4.12. The molecular formula is C37H24B9N2P2-2. The van der Waals surface area contributed by atoms with Crippen LogP contribution < -0.4 is 26.6 Å². The number of nitrogens with one attached hydrogen (secondary N) is 1. The van der Waals surface area contributed by atoms with Crippen molar-refractivity contribution in [3.05, 3.63) is 162 Å². The van der Waals surface area contributed by atoms with Crippen LogP contribution in [0.5, 0.6) is 0 Å². The van der Waals surface area contributed by atoms with E-state index in [4.69, 9.17) is 4.86 Å². The van der Waals surface area contributed by atoms with Crippen LogP contribution in [0, 0.1) is 0 Å². The van der Waals surface area contributed by atoms with E-state index in [-0.39, 0.29) is 6.71 Å². The summed E-state index contributed by atoms with van der Waals surface area (Å²) in [7, 11) is 2.73. The molecule has 9 aliphatic rings. The fraction of sp³-hybridized carbons (Fsp3) is 0.0270. The number of fused-ring (bicyclic) bond motifs is 8. The first-order chi connectivity index (χ1) is 24.7. The average molecular weight is 656 g/mol. The molecule has 10 heterocycles. The van der Waals surface area contributed by atoms with Crippen LogP contribution in [0.4, 0.5) is 0 Å². The van der Waals surface area contributed by atoms with Crippen LogP contribution >= 0.6 is 12.7 Å². The molecule has 0 saturated carbocycles. The standard InChI is InChI=1S/C37H24B9N2P2/c1-3-12-24(13-4-1)37(25-14-5-2-6-15-25)29-17-8-9-19-31(29)41-32-23-26(49(42-38-43(49)46(42)49)47-50-39-44(50)45(50)40-50)22-28-27-16-7-10-20-33(27)48(36(28)32)34-21-11-18-30(37)35(34)41/h1-23,47H/q-2. The third kappa shape index (κ3) is 2.32. The normalized spacial score (nSPS) is 24.5. The monoisotopic (exact) mass is 657 g/mol. The van der Waals surface area contributed by atoms with Crippen LogP contribution in [-0.4, -0.2) is 63.2 Å². The molecule has 9 aliphatic heterocycles. The summed E-state index contributed by atoms with van der Waals surface area (Å²) in [5.74, 6) is 0. The van der Waals surface area contributed by atoms with Crippen molar-refractivity contribution >= 4 is 115 Å². The van der Waals surface area contributed by atoms with Crippen LogP contribution in [-0.2, 0) is 5.41 Å². The van der Waals surface area contributed by atoms with Gasteiger partial charge in [-0.2, -0.15) is 0 Å². The molecule has 50 heavy (non-hydrogen) atoms. The Balaban J connectivity index is 1.10. The van der Waals surface area contributed by atoms with Crippen molar-refractivity contribution in [2.75, 3.05) is 0 Å². The van der Waals surface area contributed by atoms with Crippen molar-refractivity contribution < 1.29 is 0 Å². The van der Waals surface area contributed by atoms with E-state index in [0.29, 0.717) is 0 Å². The molecule has 221 valence electrons. The van der Waals surface area contributed by atoms with E-state index in [1.165, 1.54) is 66.1 Å². The van der Waals surface area contributed by atoms with Gasteiger partial charge >= 0.3 is 297 Å². The van der Waals surface area contributed by atoms with E-state index >= 15 is 0 Å². The minimum atomic E-state index is -2.13. The summed E-state index contributed by atoms with van der Waals surface area (Å²) in [6, 6.07) is 54.0. The van der Waals surface area contributed by atoms with E-state index in [1.807, 2.05) is 0 Å². The maximum absolute atomic E-state index is 4.76. The molecular weight excluding hydrogens is 632 g/mol. The van der Waals surface area contributed by atoms with Gasteiger partial charge in [-0.15, -0.1) is 0 Å². The van der Waals surface area contributed by atoms with E-state index in [1.54, 1.807) is 5.30 Å². The van der Waals surface area contributed by atoms with Crippen LogP contribution in [0.25, 0.3) is 27.5 Å². The van der Waals surface area contributed by atoms with Crippen molar-refractivity contribution in [3.8, 4) is 5.69 Å². The Morgan fingerprint density at radius 3 is 2.02 bits per heavy atom. The van der Waals surface area contributed by atoms with Crippen molar-refractivity contribution in [1.29, 1.82) is 0 Å². The van der Waals surface area contributed by atoms with Gasteiger partial charge in [-0.3, -0.25) is 0 Å². The molecule has 5 radical (unpaired) electrons. The van der Waals surface area contributed by atoms with Gasteiger partial charge in [-0.05, 0) is 0 Å². The van der Waals surface area contributed by atoms with E-state index in [0.717, 1.165) is 31.1 Å². The number of benzene rings is 6. The molecule has 1 spiro atoms. The Bertz CT molecular complexity index is 2770. The summed E-state index contributed by atoms with van der Waals surface area (Å²) in [5, 5.41) is 4.57. The van der Waals surface area contributed by atoms with E-state index in [9.17, 15) is 0 Å². The zero-order valence-electron chi connectivity index (χ0n) is 27.3. The number of rotatable bonds is 5. The summed E-state index contributed by atoms with van der Waals surface area (Å²) in [6.45, 7) is 5.71. The maximum atomic E-state index is 4.76. The van der Waals surface area contributed by atoms with E-state index in [2.05, 4.69) is 165 Å². The van der Waals surface area contributed by atoms with Crippen LogP contribution in [0.3, 0.4) is 0 Å². The molecule has 7 fully saturated rings. The third-order valence-electron chi connectivity index (χ3n) is 15.5. The number of hydrogen-bond donors (Lipinski definition) is 1. The number of para-hydroxylation sites is 1. The first kappa shape index (κ1) is 26.3. The van der Waals surface area contributed by atoms with Crippen molar-refractivity contribution in [1.82, 2.24) is 9.42 Å². The first-order valence-corrected chi connectivity index (χ1v) is 23.4. The second-order valence-corrected chi connectivity index (χ2v) is 27.2. The molecule has 2 nitrogen and oxygen atoms in total. The summed E-state index contributed by atoms with van der Waals surface area (Å²) < 4.78 is 2.65. The predicted octanol–water partition coefficient (Wildman–Crippen LogP) is 3.66. The summed E-state index contributed by atoms with van der Waals surface area (Å²) >= 11 is 0. The van der Waals surface area contributed by atoms with Crippen LogP contribution in [0.1, 0.15) is 22.3 Å². The molecule has 0 unspecified atom stereocenters. The minimum absolute atomic E-state index is 0.170. The van der Waals surface area contributed by atoms with Gasteiger partial charge in [0.2, 0.25) is 0 Å². The number of aromatic nitrogens is 1.